The van der Waals surface area contributed by atoms with Gasteiger partial charge in [0.2, 0.25) is 0 Å². The van der Waals surface area contributed by atoms with Crippen LogP contribution in [0.5, 0.6) is 0 Å². The Bertz CT molecular complexity index is 213. The molecule has 1 aliphatic rings. The molecule has 15 heavy (non-hydrogen) atoms. The van der Waals surface area contributed by atoms with Crippen LogP contribution in [0.4, 0.5) is 0 Å². The van der Waals surface area contributed by atoms with Gasteiger partial charge < -0.3 is 9.84 Å². The SMILES string of the molecule is COC(=O)C(Br)CN1CCCCC1CO. The van der Waals surface area contributed by atoms with Crippen molar-refractivity contribution in [1.29, 1.82) is 0 Å². The molecule has 0 saturated carbocycles. The number of esters is 1. The van der Waals surface area contributed by atoms with Gasteiger partial charge in [-0.15, -0.1) is 0 Å². The average Bonchev–Trinajstić information content (AvgIpc) is 2.28. The quantitative estimate of drug-likeness (QED) is 0.610. The molecule has 0 spiro atoms. The minimum absolute atomic E-state index is 0.168. The Labute approximate surface area is 98.7 Å². The maximum atomic E-state index is 11.2. The Balaban J connectivity index is 2.43. The van der Waals surface area contributed by atoms with Crippen LogP contribution < -0.4 is 0 Å². The van der Waals surface area contributed by atoms with Gasteiger partial charge >= 0.3 is 5.97 Å². The van der Waals surface area contributed by atoms with Crippen molar-refractivity contribution < 1.29 is 14.6 Å². The van der Waals surface area contributed by atoms with Crippen molar-refractivity contribution in [3.05, 3.63) is 0 Å². The van der Waals surface area contributed by atoms with Crippen LogP contribution in [-0.4, -0.2) is 53.7 Å². The maximum Gasteiger partial charge on any atom is 0.320 e. The Morgan fingerprint density at radius 3 is 3.00 bits per heavy atom. The van der Waals surface area contributed by atoms with Crippen LogP contribution >= 0.6 is 15.9 Å². The number of ether oxygens (including phenoxy) is 1. The summed E-state index contributed by atoms with van der Waals surface area (Å²) in [6, 6.07) is 0.198. The van der Waals surface area contributed by atoms with Gasteiger partial charge in [0.25, 0.3) is 0 Å². The minimum atomic E-state index is -0.297. The molecule has 4 nitrogen and oxygen atoms in total. The van der Waals surface area contributed by atoms with Crippen LogP contribution in [0.15, 0.2) is 0 Å². The number of methoxy groups -OCH3 is 1. The number of hydrogen-bond donors (Lipinski definition) is 1. The molecule has 0 aromatic carbocycles. The summed E-state index contributed by atoms with van der Waals surface area (Å²) in [4.78, 5) is 13.1. The maximum absolute atomic E-state index is 11.2. The summed E-state index contributed by atoms with van der Waals surface area (Å²) in [5, 5.41) is 9.20. The van der Waals surface area contributed by atoms with Gasteiger partial charge in [-0.25, -0.2) is 0 Å². The number of alkyl halides is 1. The summed E-state index contributed by atoms with van der Waals surface area (Å²) < 4.78 is 4.65. The van der Waals surface area contributed by atoms with Crippen molar-refractivity contribution in [2.75, 3.05) is 26.8 Å². The number of hydrogen-bond acceptors (Lipinski definition) is 4. The number of rotatable bonds is 4. The summed E-state index contributed by atoms with van der Waals surface area (Å²) in [6.45, 7) is 1.73. The number of carbonyl (C=O) groups excluding carboxylic acids is 1. The van der Waals surface area contributed by atoms with E-state index in [0.717, 1.165) is 25.8 Å². The molecule has 0 radical (unpaired) electrons. The first kappa shape index (κ1) is 12.9. The molecule has 0 aromatic rings. The number of likely N-dealkylation sites (tertiary alicyclic amines) is 1. The number of nitrogens with zero attached hydrogens (tertiary/aromatic N) is 1. The van der Waals surface area contributed by atoms with Crippen LogP contribution in [0.3, 0.4) is 0 Å². The van der Waals surface area contributed by atoms with E-state index in [1.54, 1.807) is 0 Å². The number of halogens is 1. The van der Waals surface area contributed by atoms with Gasteiger partial charge in [0.05, 0.1) is 13.7 Å². The van der Waals surface area contributed by atoms with E-state index in [1.807, 2.05) is 0 Å². The molecule has 1 heterocycles. The highest BCUT2D eigenvalue weighted by molar-refractivity contribution is 9.10. The molecule has 1 saturated heterocycles. The highest BCUT2D eigenvalue weighted by Gasteiger charge is 2.26. The Morgan fingerprint density at radius 2 is 2.40 bits per heavy atom. The molecule has 2 atom stereocenters. The molecule has 1 rings (SSSR count). The third-order valence-electron chi connectivity index (χ3n) is 2.81. The molecule has 0 aliphatic carbocycles. The predicted molar refractivity (Wildman–Crippen MR) is 61.0 cm³/mol. The molecule has 1 aliphatic heterocycles. The van der Waals surface area contributed by atoms with E-state index in [1.165, 1.54) is 7.11 Å². The summed E-state index contributed by atoms with van der Waals surface area (Å²) in [5.74, 6) is -0.253. The summed E-state index contributed by atoms with van der Waals surface area (Å²) in [5.41, 5.74) is 0. The number of carbonyl (C=O) groups is 1. The van der Waals surface area contributed by atoms with Gasteiger partial charge in [-0.1, -0.05) is 22.4 Å². The second-order valence-electron chi connectivity index (χ2n) is 3.82. The predicted octanol–water partition coefficient (Wildman–Crippen LogP) is 0.770. The van der Waals surface area contributed by atoms with Gasteiger partial charge in [0.15, 0.2) is 0 Å². The zero-order chi connectivity index (χ0) is 11.3. The molecule has 88 valence electrons. The van der Waals surface area contributed by atoms with Crippen molar-refractivity contribution in [1.82, 2.24) is 4.90 Å². The summed E-state index contributed by atoms with van der Waals surface area (Å²) >= 11 is 3.30. The van der Waals surface area contributed by atoms with E-state index in [2.05, 4.69) is 25.6 Å². The van der Waals surface area contributed by atoms with Crippen LogP contribution in [0.1, 0.15) is 19.3 Å². The minimum Gasteiger partial charge on any atom is -0.468 e. The van der Waals surface area contributed by atoms with E-state index in [4.69, 9.17) is 0 Å². The van der Waals surface area contributed by atoms with Gasteiger partial charge in [-0.05, 0) is 19.4 Å². The lowest BCUT2D eigenvalue weighted by Gasteiger charge is -2.35. The topological polar surface area (TPSA) is 49.8 Å². The molecule has 2 unspecified atom stereocenters. The van der Waals surface area contributed by atoms with E-state index < -0.39 is 0 Å². The first-order valence-electron chi connectivity index (χ1n) is 5.26. The number of piperidine rings is 1. The van der Waals surface area contributed by atoms with E-state index in [-0.39, 0.29) is 23.4 Å². The van der Waals surface area contributed by atoms with Crippen molar-refractivity contribution in [2.45, 2.75) is 30.1 Å². The molecule has 0 bridgehead atoms. The zero-order valence-corrected chi connectivity index (χ0v) is 10.6. The van der Waals surface area contributed by atoms with Gasteiger partial charge in [-0.3, -0.25) is 9.69 Å². The monoisotopic (exact) mass is 279 g/mol. The van der Waals surface area contributed by atoms with Crippen LogP contribution in [0, 0.1) is 0 Å². The lowest BCUT2D eigenvalue weighted by Crippen LogP contribution is -2.46. The van der Waals surface area contributed by atoms with E-state index >= 15 is 0 Å². The smallest absolute Gasteiger partial charge is 0.320 e. The summed E-state index contributed by atoms with van der Waals surface area (Å²) in [7, 11) is 1.39. The molecule has 1 fully saturated rings. The fourth-order valence-corrected chi connectivity index (χ4v) is 2.47. The first-order chi connectivity index (χ1) is 7.19. The highest BCUT2D eigenvalue weighted by atomic mass is 79.9. The zero-order valence-electron chi connectivity index (χ0n) is 8.99. The normalized spacial score (nSPS) is 24.9. The third-order valence-corrected chi connectivity index (χ3v) is 3.47. The largest absolute Gasteiger partial charge is 0.468 e. The van der Waals surface area contributed by atoms with Crippen molar-refractivity contribution >= 4 is 21.9 Å². The highest BCUT2D eigenvalue weighted by Crippen LogP contribution is 2.18. The second-order valence-corrected chi connectivity index (χ2v) is 4.92. The van der Waals surface area contributed by atoms with Gasteiger partial charge in [-0.2, -0.15) is 0 Å². The van der Waals surface area contributed by atoms with E-state index in [0.29, 0.717) is 6.54 Å². The van der Waals surface area contributed by atoms with E-state index in [9.17, 15) is 9.90 Å². The van der Waals surface area contributed by atoms with Gasteiger partial charge in [0, 0.05) is 12.6 Å². The molecule has 1 N–H and O–H groups in total. The lowest BCUT2D eigenvalue weighted by molar-refractivity contribution is -0.140. The van der Waals surface area contributed by atoms with Crippen molar-refractivity contribution in [3.63, 3.8) is 0 Å². The third kappa shape index (κ3) is 3.74. The molecular formula is C10H18BrNO3. The standard InChI is InChI=1S/C10H18BrNO3/c1-15-10(14)9(11)6-12-5-3-2-4-8(12)7-13/h8-9,13H,2-7H2,1H3. The lowest BCUT2D eigenvalue weighted by atomic mass is 10.0. The molecule has 0 amide bonds. The van der Waals surface area contributed by atoms with Crippen molar-refractivity contribution in [2.24, 2.45) is 0 Å². The summed E-state index contributed by atoms with van der Waals surface area (Å²) in [6.07, 6.45) is 3.31. The Hall–Kier alpha value is -0.130. The number of aliphatic hydroxyl groups is 1. The van der Waals surface area contributed by atoms with Crippen LogP contribution in [0.25, 0.3) is 0 Å². The Morgan fingerprint density at radius 1 is 1.67 bits per heavy atom. The molecule has 0 aromatic heterocycles. The first-order valence-corrected chi connectivity index (χ1v) is 6.17. The van der Waals surface area contributed by atoms with Gasteiger partial charge in [0.1, 0.15) is 4.83 Å². The fourth-order valence-electron chi connectivity index (χ4n) is 1.92. The van der Waals surface area contributed by atoms with Crippen LogP contribution in [0.2, 0.25) is 0 Å². The molecule has 5 heteroatoms. The Kier molecular flexibility index (Phi) is 5.56. The number of aliphatic hydroxyl groups excluding tert-OH is 1. The van der Waals surface area contributed by atoms with Crippen LogP contribution in [-0.2, 0) is 9.53 Å². The van der Waals surface area contributed by atoms with Crippen molar-refractivity contribution in [3.8, 4) is 0 Å². The molecular weight excluding hydrogens is 262 g/mol. The average molecular weight is 280 g/mol. The second kappa shape index (κ2) is 6.45. The fraction of sp³-hybridized carbons (Fsp3) is 0.900.